The van der Waals surface area contributed by atoms with E-state index in [1.165, 1.54) is 0 Å². The van der Waals surface area contributed by atoms with Crippen LogP contribution >= 0.6 is 0 Å². The highest BCUT2D eigenvalue weighted by Crippen LogP contribution is 1.94. The van der Waals surface area contributed by atoms with Crippen LogP contribution in [0.1, 0.15) is 0 Å². The van der Waals surface area contributed by atoms with Gasteiger partial charge >= 0.3 is 0 Å². The fourth-order valence-corrected chi connectivity index (χ4v) is 0.549. The molecular weight excluding hydrogens is 172 g/mol. The largest absolute Gasteiger partial charge is 0.383 e. The molecule has 0 aliphatic heterocycles. The molecule has 0 rings (SSSR count). The molecule has 12 heavy (non-hydrogen) atoms. The molecular formula is C4H8N2O6. The van der Waals surface area contributed by atoms with Crippen molar-refractivity contribution in [2.24, 2.45) is 0 Å². The number of hydrogen-bond acceptors (Lipinski definition) is 6. The zero-order valence-electron chi connectivity index (χ0n) is 5.99. The summed E-state index contributed by atoms with van der Waals surface area (Å²) in [5.74, 6) is 0. The number of nitro groups is 2. The van der Waals surface area contributed by atoms with E-state index in [4.69, 9.17) is 10.2 Å². The first-order chi connectivity index (χ1) is 5.43. The zero-order chi connectivity index (χ0) is 9.72. The number of rotatable bonds is 5. The Kier molecular flexibility index (Phi) is 4.08. The molecule has 0 spiro atoms. The highest BCUT2D eigenvalue weighted by Gasteiger charge is 2.25. The molecule has 0 unspecified atom stereocenters. The van der Waals surface area contributed by atoms with Crippen LogP contribution in [0, 0.1) is 20.2 Å². The Morgan fingerprint density at radius 2 is 1.25 bits per heavy atom. The van der Waals surface area contributed by atoms with E-state index in [0.29, 0.717) is 0 Å². The first-order valence-corrected chi connectivity index (χ1v) is 3.03. The van der Waals surface area contributed by atoms with Crippen molar-refractivity contribution < 1.29 is 20.1 Å². The molecule has 0 bridgehead atoms. The van der Waals surface area contributed by atoms with Crippen molar-refractivity contribution in [1.82, 2.24) is 0 Å². The minimum Gasteiger partial charge on any atom is -0.383 e. The third kappa shape index (κ3) is 4.52. The molecule has 0 aromatic carbocycles. The maximum Gasteiger partial charge on any atom is 0.232 e. The lowest BCUT2D eigenvalue weighted by Gasteiger charge is -2.09. The van der Waals surface area contributed by atoms with E-state index in [2.05, 4.69) is 0 Å². The number of aliphatic hydroxyl groups excluding tert-OH is 2. The van der Waals surface area contributed by atoms with E-state index >= 15 is 0 Å². The van der Waals surface area contributed by atoms with Gasteiger partial charge in [0.1, 0.15) is 0 Å². The van der Waals surface area contributed by atoms with Crippen molar-refractivity contribution in [2.75, 3.05) is 13.1 Å². The van der Waals surface area contributed by atoms with Crippen LogP contribution in [-0.2, 0) is 0 Å². The average Bonchev–Trinajstić information content (AvgIpc) is 1.84. The van der Waals surface area contributed by atoms with Crippen molar-refractivity contribution in [3.8, 4) is 0 Å². The molecule has 2 atom stereocenters. The SMILES string of the molecule is O=[N+]([O-])C[C@@H](O)[C@H](O)C[N+](=O)[O-]. The summed E-state index contributed by atoms with van der Waals surface area (Å²) in [6.45, 7) is -1.79. The second-order valence-electron chi connectivity index (χ2n) is 2.17. The molecule has 0 aromatic heterocycles. The maximum absolute atomic E-state index is 9.76. The Morgan fingerprint density at radius 1 is 1.00 bits per heavy atom. The van der Waals surface area contributed by atoms with Crippen LogP contribution in [0.25, 0.3) is 0 Å². The summed E-state index contributed by atoms with van der Waals surface area (Å²) in [6.07, 6.45) is -3.38. The lowest BCUT2D eigenvalue weighted by Crippen LogP contribution is -2.37. The standard InChI is InChI=1S/C4H8N2O6/c7-3(1-5(9)10)4(8)2-6(11)12/h3-4,7-8H,1-2H2/t3-,4-/m1/s1. The summed E-state index contributed by atoms with van der Waals surface area (Å²) < 4.78 is 0. The molecule has 0 saturated carbocycles. The van der Waals surface area contributed by atoms with Crippen molar-refractivity contribution in [3.63, 3.8) is 0 Å². The molecule has 8 nitrogen and oxygen atoms in total. The minimum absolute atomic E-state index is 0.853. The fourth-order valence-electron chi connectivity index (χ4n) is 0.549. The van der Waals surface area contributed by atoms with Gasteiger partial charge in [0.05, 0.1) is 0 Å². The van der Waals surface area contributed by atoms with E-state index in [-0.39, 0.29) is 0 Å². The van der Waals surface area contributed by atoms with Crippen LogP contribution in [0.3, 0.4) is 0 Å². The van der Waals surface area contributed by atoms with Crippen LogP contribution in [-0.4, -0.2) is 45.4 Å². The quantitative estimate of drug-likeness (QED) is 0.382. The van der Waals surface area contributed by atoms with Gasteiger partial charge < -0.3 is 10.2 Å². The van der Waals surface area contributed by atoms with Crippen molar-refractivity contribution >= 4 is 0 Å². The lowest BCUT2D eigenvalue weighted by molar-refractivity contribution is -0.511. The van der Waals surface area contributed by atoms with Gasteiger partial charge in [-0.1, -0.05) is 0 Å². The van der Waals surface area contributed by atoms with E-state index < -0.39 is 35.1 Å². The Balaban J connectivity index is 3.83. The molecule has 2 N–H and O–H groups in total. The summed E-state index contributed by atoms with van der Waals surface area (Å²) in [6, 6.07) is 0. The van der Waals surface area contributed by atoms with E-state index in [9.17, 15) is 20.2 Å². The molecule has 0 aromatic rings. The second kappa shape index (κ2) is 4.57. The third-order valence-electron chi connectivity index (χ3n) is 1.12. The Hall–Kier alpha value is -1.28. The molecule has 0 heterocycles. The number of nitrogens with zero attached hydrogens (tertiary/aromatic N) is 2. The van der Waals surface area contributed by atoms with Crippen LogP contribution in [0.2, 0.25) is 0 Å². The van der Waals surface area contributed by atoms with Gasteiger partial charge in [0.15, 0.2) is 12.2 Å². The highest BCUT2D eigenvalue weighted by atomic mass is 16.6. The van der Waals surface area contributed by atoms with Crippen LogP contribution in [0.15, 0.2) is 0 Å². The lowest BCUT2D eigenvalue weighted by atomic mass is 10.2. The van der Waals surface area contributed by atoms with Gasteiger partial charge in [0, 0.05) is 9.85 Å². The predicted molar refractivity (Wildman–Crippen MR) is 35.7 cm³/mol. The first kappa shape index (κ1) is 10.7. The van der Waals surface area contributed by atoms with Crippen LogP contribution < -0.4 is 0 Å². The molecule has 8 heteroatoms. The molecule has 0 amide bonds. The van der Waals surface area contributed by atoms with Gasteiger partial charge in [0.25, 0.3) is 0 Å². The van der Waals surface area contributed by atoms with Crippen molar-refractivity contribution in [2.45, 2.75) is 12.2 Å². The van der Waals surface area contributed by atoms with Crippen LogP contribution in [0.4, 0.5) is 0 Å². The predicted octanol–water partition coefficient (Wildman–Crippen LogP) is -1.74. The van der Waals surface area contributed by atoms with Gasteiger partial charge in [-0.2, -0.15) is 0 Å². The second-order valence-corrected chi connectivity index (χ2v) is 2.17. The number of aliphatic hydroxyl groups is 2. The monoisotopic (exact) mass is 180 g/mol. The van der Waals surface area contributed by atoms with E-state index in [0.717, 1.165) is 0 Å². The molecule has 0 fully saturated rings. The smallest absolute Gasteiger partial charge is 0.232 e. The molecule has 0 aliphatic rings. The third-order valence-corrected chi connectivity index (χ3v) is 1.12. The molecule has 0 radical (unpaired) electrons. The Labute approximate surface area is 66.7 Å². The minimum atomic E-state index is -1.69. The highest BCUT2D eigenvalue weighted by molar-refractivity contribution is 4.64. The van der Waals surface area contributed by atoms with Gasteiger partial charge in [-0.25, -0.2) is 0 Å². The van der Waals surface area contributed by atoms with E-state index in [1.54, 1.807) is 0 Å². The summed E-state index contributed by atoms with van der Waals surface area (Å²) in [4.78, 5) is 17.8. The summed E-state index contributed by atoms with van der Waals surface area (Å²) in [7, 11) is 0. The topological polar surface area (TPSA) is 127 Å². The first-order valence-electron chi connectivity index (χ1n) is 3.03. The maximum atomic E-state index is 9.76. The average molecular weight is 180 g/mol. The summed E-state index contributed by atoms with van der Waals surface area (Å²) in [5, 5.41) is 37.0. The Bertz CT molecular complexity index is 162. The molecule has 0 aliphatic carbocycles. The van der Waals surface area contributed by atoms with Crippen LogP contribution in [0.5, 0.6) is 0 Å². The van der Waals surface area contributed by atoms with Crippen molar-refractivity contribution in [3.05, 3.63) is 20.2 Å². The fraction of sp³-hybridized carbons (Fsp3) is 1.00. The zero-order valence-corrected chi connectivity index (χ0v) is 5.99. The molecule has 0 saturated heterocycles. The van der Waals surface area contributed by atoms with Gasteiger partial charge in [-0.15, -0.1) is 0 Å². The molecule has 70 valence electrons. The van der Waals surface area contributed by atoms with Crippen molar-refractivity contribution in [1.29, 1.82) is 0 Å². The van der Waals surface area contributed by atoms with Gasteiger partial charge in [0.2, 0.25) is 13.1 Å². The number of hydrogen-bond donors (Lipinski definition) is 2. The van der Waals surface area contributed by atoms with Gasteiger partial charge in [-0.05, 0) is 0 Å². The van der Waals surface area contributed by atoms with E-state index in [1.807, 2.05) is 0 Å². The van der Waals surface area contributed by atoms with Gasteiger partial charge in [-0.3, -0.25) is 20.2 Å². The summed E-state index contributed by atoms with van der Waals surface area (Å²) in [5.41, 5.74) is 0. The normalized spacial score (nSPS) is 15.2. The Morgan fingerprint density at radius 3 is 1.42 bits per heavy atom. The summed E-state index contributed by atoms with van der Waals surface area (Å²) >= 11 is 0.